The molecule has 1 amide bonds. The average Bonchev–Trinajstić information content (AvgIpc) is 2.61. The fourth-order valence-electron chi connectivity index (χ4n) is 2.08. The number of aryl methyl sites for hydroxylation is 2. The first-order chi connectivity index (χ1) is 8.71. The molecule has 106 valence electrons. The highest BCUT2D eigenvalue weighted by Crippen LogP contribution is 2.18. The lowest BCUT2D eigenvalue weighted by Crippen LogP contribution is -2.53. The van der Waals surface area contributed by atoms with Gasteiger partial charge in [0.2, 0.25) is 5.91 Å². The topological polar surface area (TPSA) is 86.3 Å². The van der Waals surface area contributed by atoms with Crippen LogP contribution in [0.4, 0.5) is 0 Å². The number of aliphatic carboxylic acids is 1. The zero-order valence-electron chi connectivity index (χ0n) is 12.1. The van der Waals surface area contributed by atoms with Crippen molar-refractivity contribution in [2.75, 3.05) is 6.54 Å². The maximum absolute atomic E-state index is 12.3. The second-order valence-electron chi connectivity index (χ2n) is 5.09. The Hall–Kier alpha value is -1.85. The molecule has 0 aliphatic rings. The molecule has 0 saturated heterocycles. The van der Waals surface area contributed by atoms with Crippen molar-refractivity contribution in [3.8, 4) is 0 Å². The lowest BCUT2D eigenvalue weighted by Gasteiger charge is -2.34. The average molecular weight is 267 g/mol. The number of carbonyl (C=O) groups excluding carboxylic acids is 1. The first kappa shape index (κ1) is 15.2. The van der Waals surface area contributed by atoms with Crippen LogP contribution in [0.15, 0.2) is 0 Å². The number of hydrogen-bond donors (Lipinski definition) is 2. The van der Waals surface area contributed by atoms with Gasteiger partial charge in [0.25, 0.3) is 0 Å². The predicted octanol–water partition coefficient (Wildman–Crippen LogP) is 1.28. The third-order valence-electron chi connectivity index (χ3n) is 3.42. The van der Waals surface area contributed by atoms with E-state index in [0.717, 1.165) is 17.0 Å². The standard InChI is InChI=1S/C13H21N3O3/c1-6-16(13(4,5)12(18)19)11(17)7-10-8(2)14-15-9(10)3/h6-7H2,1-5H3,(H,14,15)(H,18,19). The van der Waals surface area contributed by atoms with Crippen LogP contribution in [0.1, 0.15) is 37.7 Å². The maximum Gasteiger partial charge on any atom is 0.329 e. The highest BCUT2D eigenvalue weighted by atomic mass is 16.4. The second kappa shape index (κ2) is 5.42. The summed E-state index contributed by atoms with van der Waals surface area (Å²) in [5, 5.41) is 16.1. The minimum absolute atomic E-state index is 0.165. The van der Waals surface area contributed by atoms with Gasteiger partial charge in [-0.2, -0.15) is 5.10 Å². The minimum atomic E-state index is -1.21. The second-order valence-corrected chi connectivity index (χ2v) is 5.09. The smallest absolute Gasteiger partial charge is 0.329 e. The minimum Gasteiger partial charge on any atom is -0.480 e. The SMILES string of the molecule is CCN(C(=O)Cc1c(C)n[nH]c1C)C(C)(C)C(=O)O. The van der Waals surface area contributed by atoms with Crippen LogP contribution in [0.3, 0.4) is 0 Å². The van der Waals surface area contributed by atoms with Crippen molar-refractivity contribution in [3.05, 3.63) is 17.0 Å². The molecule has 6 heteroatoms. The first-order valence-electron chi connectivity index (χ1n) is 6.26. The van der Waals surface area contributed by atoms with Crippen molar-refractivity contribution in [2.45, 2.75) is 46.6 Å². The van der Waals surface area contributed by atoms with Crippen molar-refractivity contribution in [2.24, 2.45) is 0 Å². The van der Waals surface area contributed by atoms with E-state index in [9.17, 15) is 14.7 Å². The fourth-order valence-corrected chi connectivity index (χ4v) is 2.08. The van der Waals surface area contributed by atoms with Gasteiger partial charge in [-0.05, 0) is 34.6 Å². The summed E-state index contributed by atoms with van der Waals surface area (Å²) in [6.07, 6.45) is 0.165. The van der Waals surface area contributed by atoms with Crippen LogP contribution in [0.5, 0.6) is 0 Å². The van der Waals surface area contributed by atoms with Crippen molar-refractivity contribution in [1.29, 1.82) is 0 Å². The number of hydrogen-bond acceptors (Lipinski definition) is 3. The molecule has 2 N–H and O–H groups in total. The van der Waals surface area contributed by atoms with Crippen LogP contribution in [0.25, 0.3) is 0 Å². The van der Waals surface area contributed by atoms with Gasteiger partial charge in [-0.15, -0.1) is 0 Å². The monoisotopic (exact) mass is 267 g/mol. The molecule has 0 aliphatic carbocycles. The lowest BCUT2D eigenvalue weighted by molar-refractivity contribution is -0.156. The van der Waals surface area contributed by atoms with Crippen molar-refractivity contribution >= 4 is 11.9 Å². The summed E-state index contributed by atoms with van der Waals surface area (Å²) in [5.74, 6) is -1.22. The van der Waals surface area contributed by atoms with E-state index < -0.39 is 11.5 Å². The molecule has 0 aromatic carbocycles. The number of carboxylic acid groups (broad SMARTS) is 1. The van der Waals surface area contributed by atoms with Gasteiger partial charge in [0, 0.05) is 17.8 Å². The zero-order valence-corrected chi connectivity index (χ0v) is 12.1. The Morgan fingerprint density at radius 3 is 2.32 bits per heavy atom. The Morgan fingerprint density at radius 1 is 1.37 bits per heavy atom. The Kier molecular flexibility index (Phi) is 4.34. The third-order valence-corrected chi connectivity index (χ3v) is 3.42. The molecule has 0 bridgehead atoms. The van der Waals surface area contributed by atoms with Gasteiger partial charge in [0.05, 0.1) is 12.1 Å². The Morgan fingerprint density at radius 2 is 1.95 bits per heavy atom. The van der Waals surface area contributed by atoms with E-state index in [0.29, 0.717) is 6.54 Å². The van der Waals surface area contributed by atoms with Crippen LogP contribution in [0, 0.1) is 13.8 Å². The summed E-state index contributed by atoms with van der Waals surface area (Å²) in [5.41, 5.74) is 1.24. The molecule has 1 aromatic rings. The highest BCUT2D eigenvalue weighted by Gasteiger charge is 2.36. The Bertz CT molecular complexity index is 472. The number of aromatic nitrogens is 2. The molecule has 0 spiro atoms. The van der Waals surface area contributed by atoms with Crippen molar-refractivity contribution < 1.29 is 14.7 Å². The van der Waals surface area contributed by atoms with E-state index >= 15 is 0 Å². The van der Waals surface area contributed by atoms with Crippen molar-refractivity contribution in [3.63, 3.8) is 0 Å². The number of amides is 1. The normalized spacial score (nSPS) is 11.4. The van der Waals surface area contributed by atoms with E-state index in [-0.39, 0.29) is 12.3 Å². The van der Waals surface area contributed by atoms with Gasteiger partial charge >= 0.3 is 5.97 Å². The van der Waals surface area contributed by atoms with Gasteiger partial charge in [0.1, 0.15) is 5.54 Å². The summed E-state index contributed by atoms with van der Waals surface area (Å²) in [4.78, 5) is 24.9. The number of nitrogens with one attached hydrogen (secondary N) is 1. The summed E-state index contributed by atoms with van der Waals surface area (Å²) < 4.78 is 0. The van der Waals surface area contributed by atoms with Crippen LogP contribution in [-0.4, -0.2) is 44.2 Å². The lowest BCUT2D eigenvalue weighted by atomic mass is 10.0. The molecule has 0 radical (unpaired) electrons. The molecule has 1 heterocycles. The molecular weight excluding hydrogens is 246 g/mol. The number of nitrogens with zero attached hydrogens (tertiary/aromatic N) is 2. The van der Waals surface area contributed by atoms with Crippen LogP contribution >= 0.6 is 0 Å². The summed E-state index contributed by atoms with van der Waals surface area (Å²) in [6, 6.07) is 0. The number of carboxylic acids is 1. The van der Waals surface area contributed by atoms with Crippen LogP contribution < -0.4 is 0 Å². The van der Waals surface area contributed by atoms with E-state index in [1.54, 1.807) is 6.92 Å². The Labute approximate surface area is 112 Å². The predicted molar refractivity (Wildman–Crippen MR) is 70.9 cm³/mol. The molecule has 0 unspecified atom stereocenters. The molecule has 6 nitrogen and oxygen atoms in total. The number of rotatable bonds is 5. The number of aromatic amines is 1. The van der Waals surface area contributed by atoms with Gasteiger partial charge < -0.3 is 10.0 Å². The largest absolute Gasteiger partial charge is 0.480 e. The van der Waals surface area contributed by atoms with Gasteiger partial charge in [-0.25, -0.2) is 4.79 Å². The van der Waals surface area contributed by atoms with E-state index in [1.807, 2.05) is 13.8 Å². The molecule has 0 atom stereocenters. The first-order valence-corrected chi connectivity index (χ1v) is 6.26. The maximum atomic E-state index is 12.3. The van der Waals surface area contributed by atoms with Crippen molar-refractivity contribution in [1.82, 2.24) is 15.1 Å². The molecule has 0 fully saturated rings. The van der Waals surface area contributed by atoms with Gasteiger partial charge in [-0.1, -0.05) is 0 Å². The molecule has 0 aliphatic heterocycles. The highest BCUT2D eigenvalue weighted by molar-refractivity contribution is 5.87. The molecule has 0 saturated carbocycles. The Balaban J connectivity index is 2.96. The van der Waals surface area contributed by atoms with E-state index in [1.165, 1.54) is 18.7 Å². The summed E-state index contributed by atoms with van der Waals surface area (Å²) in [7, 11) is 0. The molecule has 1 rings (SSSR count). The molecule has 19 heavy (non-hydrogen) atoms. The number of H-pyrrole nitrogens is 1. The fraction of sp³-hybridized carbons (Fsp3) is 0.615. The molecule has 1 aromatic heterocycles. The van der Waals surface area contributed by atoms with Gasteiger partial charge in [-0.3, -0.25) is 9.89 Å². The molecular formula is C13H21N3O3. The van der Waals surface area contributed by atoms with E-state index in [2.05, 4.69) is 10.2 Å². The summed E-state index contributed by atoms with van der Waals surface area (Å²) in [6.45, 7) is 8.87. The third kappa shape index (κ3) is 2.94. The van der Waals surface area contributed by atoms with Gasteiger partial charge in [0.15, 0.2) is 0 Å². The van der Waals surface area contributed by atoms with Crippen LogP contribution in [-0.2, 0) is 16.0 Å². The summed E-state index contributed by atoms with van der Waals surface area (Å²) >= 11 is 0. The quantitative estimate of drug-likeness (QED) is 0.841. The van der Waals surface area contributed by atoms with Crippen LogP contribution in [0.2, 0.25) is 0 Å². The number of likely N-dealkylation sites (N-methyl/N-ethyl adjacent to an activating group) is 1. The zero-order chi connectivity index (χ0) is 14.8. The van der Waals surface area contributed by atoms with E-state index in [4.69, 9.17) is 0 Å². The number of carbonyl (C=O) groups is 2.